The first-order chi connectivity index (χ1) is 13.5. The predicted molar refractivity (Wildman–Crippen MR) is 107 cm³/mol. The number of benzene rings is 1. The van der Waals surface area contributed by atoms with Crippen LogP contribution in [0.15, 0.2) is 57.1 Å². The Kier molecular flexibility index (Phi) is 6.19. The van der Waals surface area contributed by atoms with Gasteiger partial charge in [0.25, 0.3) is 5.91 Å². The molecule has 7 nitrogen and oxygen atoms in total. The number of furan rings is 1. The first kappa shape index (κ1) is 19.3. The number of aromatic nitrogens is 2. The fourth-order valence-corrected chi connectivity index (χ4v) is 3.12. The van der Waals surface area contributed by atoms with Crippen LogP contribution in [-0.4, -0.2) is 27.8 Å². The molecule has 0 aliphatic rings. The Labute approximate surface area is 166 Å². The Bertz CT molecular complexity index is 1030. The number of nitrogens with one attached hydrogen (secondary N) is 1. The number of thioether (sulfide) groups is 1. The summed E-state index contributed by atoms with van der Waals surface area (Å²) in [5.41, 5.74) is 5.62. The molecule has 0 spiro atoms. The van der Waals surface area contributed by atoms with Crippen LogP contribution in [0.25, 0.3) is 11.3 Å². The zero-order valence-corrected chi connectivity index (χ0v) is 16.2. The molecule has 140 valence electrons. The molecule has 28 heavy (non-hydrogen) atoms. The van der Waals surface area contributed by atoms with Gasteiger partial charge in [0.15, 0.2) is 5.16 Å². The average Bonchev–Trinajstić information content (AvgIpc) is 3.15. The van der Waals surface area contributed by atoms with Crippen LogP contribution in [0.1, 0.15) is 22.7 Å². The number of rotatable bonds is 6. The molecular weight excluding hydrogens is 374 g/mol. The van der Waals surface area contributed by atoms with E-state index in [0.29, 0.717) is 22.2 Å². The molecule has 2 heterocycles. The minimum atomic E-state index is -0.261. The summed E-state index contributed by atoms with van der Waals surface area (Å²) in [7, 11) is 0. The van der Waals surface area contributed by atoms with Crippen LogP contribution in [0.4, 0.5) is 0 Å². The van der Waals surface area contributed by atoms with Crippen molar-refractivity contribution in [2.45, 2.75) is 19.0 Å². The topological polar surface area (TPSA) is 104 Å². The van der Waals surface area contributed by atoms with Gasteiger partial charge in [-0.25, -0.2) is 15.4 Å². The molecule has 8 heteroatoms. The second kappa shape index (κ2) is 8.97. The lowest BCUT2D eigenvalue weighted by Gasteiger charge is -2.02. The second-order valence-corrected chi connectivity index (χ2v) is 6.85. The zero-order valence-electron chi connectivity index (χ0n) is 15.3. The number of hydrogen-bond donors (Lipinski definition) is 1. The number of amides is 1. The van der Waals surface area contributed by atoms with E-state index < -0.39 is 0 Å². The van der Waals surface area contributed by atoms with Crippen LogP contribution in [0.5, 0.6) is 0 Å². The van der Waals surface area contributed by atoms with Crippen molar-refractivity contribution in [1.82, 2.24) is 15.4 Å². The van der Waals surface area contributed by atoms with Crippen LogP contribution < -0.4 is 5.43 Å². The van der Waals surface area contributed by atoms with Crippen molar-refractivity contribution in [1.29, 1.82) is 5.26 Å². The first-order valence-corrected chi connectivity index (χ1v) is 9.39. The molecule has 0 unspecified atom stereocenters. The molecule has 0 saturated heterocycles. The Hall–Kier alpha value is -3.44. The van der Waals surface area contributed by atoms with Crippen molar-refractivity contribution in [2.75, 3.05) is 5.75 Å². The molecule has 3 aromatic rings. The van der Waals surface area contributed by atoms with Crippen molar-refractivity contribution >= 4 is 23.9 Å². The van der Waals surface area contributed by atoms with Gasteiger partial charge in [0.1, 0.15) is 11.5 Å². The molecular formula is C20H17N5O2S. The quantitative estimate of drug-likeness (QED) is 0.299. The monoisotopic (exact) mass is 391 g/mol. The number of carbonyl (C=O) groups is 1. The van der Waals surface area contributed by atoms with E-state index in [1.807, 2.05) is 32.0 Å². The van der Waals surface area contributed by atoms with Gasteiger partial charge in [0.2, 0.25) is 0 Å². The Morgan fingerprint density at radius 3 is 2.61 bits per heavy atom. The van der Waals surface area contributed by atoms with E-state index in [1.165, 1.54) is 18.0 Å². The summed E-state index contributed by atoms with van der Waals surface area (Å²) >= 11 is 1.25. The average molecular weight is 391 g/mol. The van der Waals surface area contributed by atoms with E-state index in [4.69, 9.17) is 9.68 Å². The van der Waals surface area contributed by atoms with Crippen LogP contribution in [0.2, 0.25) is 0 Å². The highest BCUT2D eigenvalue weighted by atomic mass is 32.2. The maximum Gasteiger partial charge on any atom is 0.250 e. The molecule has 0 aliphatic heterocycles. The molecule has 0 aliphatic carbocycles. The standard InChI is InChI=1S/C20H17N5O2S/c1-13-9-14(2)24-20(23-13)28-12-19(26)25-22-11-17-7-8-18(27-17)16-5-3-15(10-21)4-6-16/h3-9,11H,12H2,1-2H3,(H,25,26)/b22-11-. The van der Waals surface area contributed by atoms with Gasteiger partial charge in [-0.3, -0.25) is 4.79 Å². The highest BCUT2D eigenvalue weighted by Gasteiger charge is 2.06. The summed E-state index contributed by atoms with van der Waals surface area (Å²) in [6, 6.07) is 14.6. The van der Waals surface area contributed by atoms with Gasteiger partial charge in [-0.2, -0.15) is 10.4 Å². The summed E-state index contributed by atoms with van der Waals surface area (Å²) in [6.45, 7) is 3.78. The van der Waals surface area contributed by atoms with Crippen LogP contribution >= 0.6 is 11.8 Å². The number of nitrogens with zero attached hydrogens (tertiary/aromatic N) is 4. The van der Waals surface area contributed by atoms with Gasteiger partial charge in [-0.15, -0.1) is 0 Å². The minimum absolute atomic E-state index is 0.162. The van der Waals surface area contributed by atoms with Gasteiger partial charge in [0, 0.05) is 17.0 Å². The lowest BCUT2D eigenvalue weighted by atomic mass is 10.1. The van der Waals surface area contributed by atoms with Crippen molar-refractivity contribution in [3.63, 3.8) is 0 Å². The van der Waals surface area contributed by atoms with Gasteiger partial charge in [-0.1, -0.05) is 11.8 Å². The normalized spacial score (nSPS) is 10.8. The maximum atomic E-state index is 11.9. The fourth-order valence-electron chi connectivity index (χ4n) is 2.37. The van der Waals surface area contributed by atoms with E-state index in [0.717, 1.165) is 17.0 Å². The molecule has 0 saturated carbocycles. The third-order valence-corrected chi connectivity index (χ3v) is 4.45. The molecule has 0 bridgehead atoms. The first-order valence-electron chi connectivity index (χ1n) is 8.41. The van der Waals surface area contributed by atoms with E-state index in [1.54, 1.807) is 24.3 Å². The summed E-state index contributed by atoms with van der Waals surface area (Å²) in [5.74, 6) is 1.06. The smallest absolute Gasteiger partial charge is 0.250 e. The fraction of sp³-hybridized carbons (Fsp3) is 0.150. The van der Waals surface area contributed by atoms with Crippen LogP contribution in [0, 0.1) is 25.2 Å². The molecule has 2 aromatic heterocycles. The van der Waals surface area contributed by atoms with E-state index in [-0.39, 0.29) is 11.7 Å². The van der Waals surface area contributed by atoms with Crippen molar-refractivity contribution < 1.29 is 9.21 Å². The lowest BCUT2D eigenvalue weighted by molar-refractivity contribution is -0.118. The maximum absolute atomic E-state index is 11.9. The summed E-state index contributed by atoms with van der Waals surface area (Å²) in [5, 5.41) is 13.3. The SMILES string of the molecule is Cc1cc(C)nc(SCC(=O)N/N=C\c2ccc(-c3ccc(C#N)cc3)o2)n1. The molecule has 0 radical (unpaired) electrons. The van der Waals surface area contributed by atoms with Crippen molar-refractivity contribution in [3.8, 4) is 17.4 Å². The van der Waals surface area contributed by atoms with E-state index >= 15 is 0 Å². The highest BCUT2D eigenvalue weighted by Crippen LogP contribution is 2.21. The molecule has 1 amide bonds. The van der Waals surface area contributed by atoms with E-state index in [2.05, 4.69) is 26.6 Å². The van der Waals surface area contributed by atoms with E-state index in [9.17, 15) is 4.79 Å². The number of nitriles is 1. The van der Waals surface area contributed by atoms with Crippen LogP contribution in [-0.2, 0) is 4.79 Å². The second-order valence-electron chi connectivity index (χ2n) is 5.91. The number of aryl methyl sites for hydroxylation is 2. The van der Waals surface area contributed by atoms with Gasteiger partial charge < -0.3 is 4.42 Å². The molecule has 1 N–H and O–H groups in total. The van der Waals surface area contributed by atoms with Crippen molar-refractivity contribution in [3.05, 3.63) is 65.2 Å². The Balaban J connectivity index is 1.52. The third-order valence-electron chi connectivity index (χ3n) is 3.60. The summed E-state index contributed by atoms with van der Waals surface area (Å²) in [4.78, 5) is 20.5. The summed E-state index contributed by atoms with van der Waals surface area (Å²) < 4.78 is 5.67. The highest BCUT2D eigenvalue weighted by molar-refractivity contribution is 7.99. The number of hydrazone groups is 1. The summed E-state index contributed by atoms with van der Waals surface area (Å²) in [6.07, 6.45) is 1.43. The molecule has 3 rings (SSSR count). The largest absolute Gasteiger partial charge is 0.455 e. The van der Waals surface area contributed by atoms with Crippen LogP contribution in [0.3, 0.4) is 0 Å². The molecule has 1 aromatic carbocycles. The van der Waals surface area contributed by atoms with Gasteiger partial charge in [-0.05, 0) is 56.3 Å². The zero-order chi connectivity index (χ0) is 19.9. The van der Waals surface area contributed by atoms with Crippen molar-refractivity contribution in [2.24, 2.45) is 5.10 Å². The Morgan fingerprint density at radius 2 is 1.93 bits per heavy atom. The van der Waals surface area contributed by atoms with Gasteiger partial charge >= 0.3 is 0 Å². The molecule has 0 atom stereocenters. The number of hydrogen-bond acceptors (Lipinski definition) is 7. The predicted octanol–water partition coefficient (Wildman–Crippen LogP) is 3.47. The lowest BCUT2D eigenvalue weighted by Crippen LogP contribution is -2.19. The molecule has 0 fully saturated rings. The minimum Gasteiger partial charge on any atom is -0.455 e. The Morgan fingerprint density at radius 1 is 1.21 bits per heavy atom. The number of carbonyl (C=O) groups excluding carboxylic acids is 1. The van der Waals surface area contributed by atoms with Gasteiger partial charge in [0.05, 0.1) is 23.6 Å². The third kappa shape index (κ3) is 5.28.